The van der Waals surface area contributed by atoms with Crippen molar-refractivity contribution in [2.75, 3.05) is 23.7 Å². The Hall–Kier alpha value is -3.40. The second-order valence-corrected chi connectivity index (χ2v) is 8.14. The Kier molecular flexibility index (Phi) is 6.17. The number of anilines is 2. The minimum Gasteiger partial charge on any atom is -0.324 e. The Morgan fingerprint density at radius 1 is 0.935 bits per heavy atom. The van der Waals surface area contributed by atoms with Crippen LogP contribution in [0, 0.1) is 11.6 Å². The highest BCUT2D eigenvalue weighted by Crippen LogP contribution is 2.29. The van der Waals surface area contributed by atoms with Gasteiger partial charge in [0.25, 0.3) is 5.91 Å². The Morgan fingerprint density at radius 3 is 2.19 bits per heavy atom. The van der Waals surface area contributed by atoms with E-state index in [2.05, 4.69) is 20.8 Å². The molecule has 0 aliphatic carbocycles. The van der Waals surface area contributed by atoms with Gasteiger partial charge in [0.2, 0.25) is 5.01 Å². The summed E-state index contributed by atoms with van der Waals surface area (Å²) in [6.07, 6.45) is 1.62. The zero-order valence-electron chi connectivity index (χ0n) is 16.3. The van der Waals surface area contributed by atoms with E-state index in [0.717, 1.165) is 12.8 Å². The van der Waals surface area contributed by atoms with E-state index < -0.39 is 5.91 Å². The highest BCUT2D eigenvalue weighted by atomic mass is 32.1. The normalized spacial score (nSPS) is 16.1. The molecule has 160 valence electrons. The summed E-state index contributed by atoms with van der Waals surface area (Å²) in [5.41, 5.74) is 0.980. The standard InChI is InChI=1S/C21H19F2N5O2S/c22-14-3-7-16(8-4-14)24-18(29)20-27-26-19(31-20)13-2-1-11-28(12-13)21(30)25-17-9-5-15(23)6-10-17/h3-10,13H,1-2,11-12H2,(H,24,29)(H,25,30)/t13-/m1/s1. The number of nitrogens with one attached hydrogen (secondary N) is 2. The molecule has 2 aromatic carbocycles. The van der Waals surface area contributed by atoms with Crippen LogP contribution in [0.1, 0.15) is 33.6 Å². The average molecular weight is 443 g/mol. The molecule has 7 nitrogen and oxygen atoms in total. The van der Waals surface area contributed by atoms with Crippen molar-refractivity contribution in [1.29, 1.82) is 0 Å². The van der Waals surface area contributed by atoms with Crippen LogP contribution < -0.4 is 10.6 Å². The molecule has 1 aromatic heterocycles. The Labute approximate surface area is 181 Å². The number of benzene rings is 2. The zero-order valence-corrected chi connectivity index (χ0v) is 17.2. The number of rotatable bonds is 4. The van der Waals surface area contributed by atoms with Crippen molar-refractivity contribution in [2.24, 2.45) is 0 Å². The van der Waals surface area contributed by atoms with E-state index in [-0.39, 0.29) is 28.6 Å². The van der Waals surface area contributed by atoms with E-state index in [1.165, 1.54) is 59.9 Å². The van der Waals surface area contributed by atoms with Gasteiger partial charge in [-0.15, -0.1) is 10.2 Å². The van der Waals surface area contributed by atoms with E-state index in [4.69, 9.17) is 0 Å². The van der Waals surface area contributed by atoms with Gasteiger partial charge in [0.05, 0.1) is 0 Å². The number of hydrogen-bond donors (Lipinski definition) is 2. The Morgan fingerprint density at radius 2 is 1.55 bits per heavy atom. The van der Waals surface area contributed by atoms with Gasteiger partial charge in [-0.25, -0.2) is 13.6 Å². The molecule has 3 aromatic rings. The van der Waals surface area contributed by atoms with Crippen molar-refractivity contribution in [1.82, 2.24) is 15.1 Å². The molecule has 0 spiro atoms. The summed E-state index contributed by atoms with van der Waals surface area (Å²) in [6, 6.07) is 10.8. The van der Waals surface area contributed by atoms with Gasteiger partial charge in [-0.2, -0.15) is 0 Å². The summed E-state index contributed by atoms with van der Waals surface area (Å²) in [7, 11) is 0. The number of piperidine rings is 1. The van der Waals surface area contributed by atoms with Crippen LogP contribution in [0.5, 0.6) is 0 Å². The average Bonchev–Trinajstić information content (AvgIpc) is 3.28. The quantitative estimate of drug-likeness (QED) is 0.622. The SMILES string of the molecule is O=C(Nc1ccc(F)cc1)c1nnc([C@@H]2CCCN(C(=O)Nc3ccc(F)cc3)C2)s1. The topological polar surface area (TPSA) is 87.2 Å². The third-order valence-electron chi connectivity index (χ3n) is 4.89. The highest BCUT2D eigenvalue weighted by Gasteiger charge is 2.28. The van der Waals surface area contributed by atoms with E-state index in [1.54, 1.807) is 4.90 Å². The van der Waals surface area contributed by atoms with Gasteiger partial charge >= 0.3 is 6.03 Å². The number of likely N-dealkylation sites (tertiary alicyclic amines) is 1. The lowest BCUT2D eigenvalue weighted by Gasteiger charge is -2.31. The van der Waals surface area contributed by atoms with Crippen LogP contribution in [0.3, 0.4) is 0 Å². The largest absolute Gasteiger partial charge is 0.324 e. The molecule has 0 bridgehead atoms. The minimum absolute atomic E-state index is 0.0300. The molecule has 2 heterocycles. The molecule has 1 aliphatic heterocycles. The van der Waals surface area contributed by atoms with E-state index >= 15 is 0 Å². The van der Waals surface area contributed by atoms with E-state index in [0.29, 0.717) is 29.5 Å². The van der Waals surface area contributed by atoms with Crippen molar-refractivity contribution >= 4 is 34.6 Å². The number of carbonyl (C=O) groups excluding carboxylic acids is 2. The fraction of sp³-hybridized carbons (Fsp3) is 0.238. The van der Waals surface area contributed by atoms with Gasteiger partial charge in [0.1, 0.15) is 16.6 Å². The number of urea groups is 1. The molecular formula is C21H19F2N5O2S. The fourth-order valence-electron chi connectivity index (χ4n) is 3.31. The predicted molar refractivity (Wildman–Crippen MR) is 113 cm³/mol. The molecule has 31 heavy (non-hydrogen) atoms. The van der Waals surface area contributed by atoms with Crippen LogP contribution in [0.15, 0.2) is 48.5 Å². The summed E-state index contributed by atoms with van der Waals surface area (Å²) in [5.74, 6) is -1.21. The Bertz CT molecular complexity index is 1070. The maximum atomic E-state index is 13.0. The number of nitrogens with zero attached hydrogens (tertiary/aromatic N) is 3. The summed E-state index contributed by atoms with van der Waals surface area (Å²) < 4.78 is 26.0. The number of carbonyl (C=O) groups is 2. The van der Waals surface area contributed by atoms with Gasteiger partial charge in [0, 0.05) is 30.4 Å². The van der Waals surface area contributed by atoms with Crippen LogP contribution in [0.2, 0.25) is 0 Å². The van der Waals surface area contributed by atoms with Gasteiger partial charge in [0.15, 0.2) is 0 Å². The molecule has 1 fully saturated rings. The van der Waals surface area contributed by atoms with Gasteiger partial charge in [-0.3, -0.25) is 4.79 Å². The number of hydrogen-bond acceptors (Lipinski definition) is 5. The molecule has 0 unspecified atom stereocenters. The molecule has 10 heteroatoms. The van der Waals surface area contributed by atoms with Crippen molar-refractivity contribution in [3.05, 3.63) is 70.2 Å². The minimum atomic E-state index is -0.419. The van der Waals surface area contributed by atoms with E-state index in [9.17, 15) is 18.4 Å². The van der Waals surface area contributed by atoms with Crippen molar-refractivity contribution in [3.63, 3.8) is 0 Å². The summed E-state index contributed by atoms with van der Waals surface area (Å²) >= 11 is 1.18. The lowest BCUT2D eigenvalue weighted by molar-refractivity contribution is 0.102. The summed E-state index contributed by atoms with van der Waals surface area (Å²) in [4.78, 5) is 26.6. The lowest BCUT2D eigenvalue weighted by Crippen LogP contribution is -2.41. The Balaban J connectivity index is 1.37. The molecule has 0 saturated carbocycles. The first-order valence-electron chi connectivity index (χ1n) is 9.70. The number of aromatic nitrogens is 2. The van der Waals surface area contributed by atoms with Crippen LogP contribution in [-0.4, -0.2) is 40.1 Å². The second-order valence-electron chi connectivity index (χ2n) is 7.13. The molecule has 3 amide bonds. The first kappa shape index (κ1) is 20.9. The van der Waals surface area contributed by atoms with Crippen molar-refractivity contribution in [3.8, 4) is 0 Å². The molecule has 4 rings (SSSR count). The van der Waals surface area contributed by atoms with Crippen molar-refractivity contribution < 1.29 is 18.4 Å². The molecule has 1 atom stereocenters. The smallest absolute Gasteiger partial charge is 0.321 e. The van der Waals surface area contributed by atoms with Crippen LogP contribution >= 0.6 is 11.3 Å². The first-order valence-corrected chi connectivity index (χ1v) is 10.5. The molecule has 0 radical (unpaired) electrons. The second kappa shape index (κ2) is 9.17. The highest BCUT2D eigenvalue weighted by molar-refractivity contribution is 7.13. The maximum absolute atomic E-state index is 13.0. The third kappa shape index (κ3) is 5.21. The predicted octanol–water partition coefficient (Wildman–Crippen LogP) is 4.48. The zero-order chi connectivity index (χ0) is 21.8. The van der Waals surface area contributed by atoms with Crippen molar-refractivity contribution in [2.45, 2.75) is 18.8 Å². The summed E-state index contributed by atoms with van der Waals surface area (Å²) in [6.45, 7) is 1.04. The third-order valence-corrected chi connectivity index (χ3v) is 5.97. The molecule has 2 N–H and O–H groups in total. The van der Waals surface area contributed by atoms with Crippen LogP contribution in [-0.2, 0) is 0 Å². The van der Waals surface area contributed by atoms with Gasteiger partial charge < -0.3 is 15.5 Å². The number of amides is 3. The van der Waals surface area contributed by atoms with Gasteiger partial charge in [-0.05, 0) is 61.4 Å². The number of halogens is 2. The molecule has 1 saturated heterocycles. The van der Waals surface area contributed by atoms with Crippen LogP contribution in [0.25, 0.3) is 0 Å². The lowest BCUT2D eigenvalue weighted by atomic mass is 9.99. The summed E-state index contributed by atoms with van der Waals surface area (Å²) in [5, 5.41) is 14.4. The molecule has 1 aliphatic rings. The fourth-order valence-corrected chi connectivity index (χ4v) is 4.17. The van der Waals surface area contributed by atoms with Crippen LogP contribution in [0.4, 0.5) is 25.0 Å². The molecular weight excluding hydrogens is 424 g/mol. The van der Waals surface area contributed by atoms with E-state index in [1.807, 2.05) is 0 Å². The first-order chi connectivity index (χ1) is 15.0. The van der Waals surface area contributed by atoms with Gasteiger partial charge in [-0.1, -0.05) is 11.3 Å². The maximum Gasteiger partial charge on any atom is 0.321 e. The monoisotopic (exact) mass is 443 g/mol.